The van der Waals surface area contributed by atoms with Gasteiger partial charge in [-0.25, -0.2) is 0 Å². The standard InChI is InChI=1S/C16H23NO3/c1-11-7-8-12(9-15(11)20-2)16(19)17-10-13-5-3-4-6-14(13)18/h7-9,13-14,18H,3-6,10H2,1-2H3,(H,17,19). The molecule has 1 aromatic carbocycles. The lowest BCUT2D eigenvalue weighted by atomic mass is 9.86. The van der Waals surface area contributed by atoms with Gasteiger partial charge in [0.25, 0.3) is 5.91 Å². The van der Waals surface area contributed by atoms with Crippen molar-refractivity contribution in [2.75, 3.05) is 13.7 Å². The molecule has 2 N–H and O–H groups in total. The summed E-state index contributed by atoms with van der Waals surface area (Å²) in [6.07, 6.45) is 3.77. The molecule has 4 heteroatoms. The lowest BCUT2D eigenvalue weighted by molar-refractivity contribution is 0.0663. The summed E-state index contributed by atoms with van der Waals surface area (Å²) in [6, 6.07) is 5.43. The molecule has 2 atom stereocenters. The van der Waals surface area contributed by atoms with Gasteiger partial charge in [-0.3, -0.25) is 4.79 Å². The number of amides is 1. The highest BCUT2D eigenvalue weighted by Gasteiger charge is 2.23. The van der Waals surface area contributed by atoms with Crippen molar-refractivity contribution in [1.82, 2.24) is 5.32 Å². The topological polar surface area (TPSA) is 58.6 Å². The third kappa shape index (κ3) is 3.51. The van der Waals surface area contributed by atoms with Gasteiger partial charge in [-0.15, -0.1) is 0 Å². The van der Waals surface area contributed by atoms with E-state index in [0.717, 1.165) is 37.0 Å². The van der Waals surface area contributed by atoms with Gasteiger partial charge < -0.3 is 15.2 Å². The summed E-state index contributed by atoms with van der Waals surface area (Å²) in [5.41, 5.74) is 1.60. The second-order valence-electron chi connectivity index (χ2n) is 5.51. The summed E-state index contributed by atoms with van der Waals surface area (Å²) >= 11 is 0. The van der Waals surface area contributed by atoms with Crippen LogP contribution in [0.25, 0.3) is 0 Å². The van der Waals surface area contributed by atoms with Crippen LogP contribution in [0.4, 0.5) is 0 Å². The monoisotopic (exact) mass is 277 g/mol. The Hall–Kier alpha value is -1.55. The number of rotatable bonds is 4. The zero-order valence-electron chi connectivity index (χ0n) is 12.2. The normalized spacial score (nSPS) is 22.4. The number of aryl methyl sites for hydroxylation is 1. The minimum absolute atomic E-state index is 0.110. The Bertz CT molecular complexity index is 473. The molecule has 1 aromatic rings. The average Bonchev–Trinajstić information content (AvgIpc) is 2.46. The number of hydrogen-bond donors (Lipinski definition) is 2. The molecule has 4 nitrogen and oxygen atoms in total. The molecule has 0 heterocycles. The van der Waals surface area contributed by atoms with Gasteiger partial charge in [-0.1, -0.05) is 18.9 Å². The van der Waals surface area contributed by atoms with Crippen LogP contribution in [-0.2, 0) is 0 Å². The van der Waals surface area contributed by atoms with Crippen LogP contribution < -0.4 is 10.1 Å². The van der Waals surface area contributed by atoms with E-state index in [4.69, 9.17) is 4.74 Å². The van der Waals surface area contributed by atoms with E-state index in [9.17, 15) is 9.90 Å². The van der Waals surface area contributed by atoms with Crippen LogP contribution in [0.15, 0.2) is 18.2 Å². The minimum Gasteiger partial charge on any atom is -0.496 e. The number of nitrogens with one attached hydrogen (secondary N) is 1. The third-order valence-electron chi connectivity index (χ3n) is 4.06. The lowest BCUT2D eigenvalue weighted by Gasteiger charge is -2.27. The molecule has 0 bridgehead atoms. The van der Waals surface area contributed by atoms with Crippen LogP contribution in [0.3, 0.4) is 0 Å². The molecule has 1 saturated carbocycles. The summed E-state index contributed by atoms with van der Waals surface area (Å²) in [7, 11) is 1.60. The molecule has 110 valence electrons. The zero-order chi connectivity index (χ0) is 14.5. The van der Waals surface area contributed by atoms with Gasteiger partial charge in [0, 0.05) is 18.0 Å². The molecular weight excluding hydrogens is 254 g/mol. The Kier molecular flexibility index (Phi) is 5.01. The number of methoxy groups -OCH3 is 1. The first-order chi connectivity index (χ1) is 9.61. The van der Waals surface area contributed by atoms with E-state index in [-0.39, 0.29) is 17.9 Å². The highest BCUT2D eigenvalue weighted by atomic mass is 16.5. The van der Waals surface area contributed by atoms with Crippen molar-refractivity contribution in [1.29, 1.82) is 0 Å². The quantitative estimate of drug-likeness (QED) is 0.887. The number of aliphatic hydroxyl groups is 1. The molecule has 0 radical (unpaired) electrons. The molecule has 1 amide bonds. The van der Waals surface area contributed by atoms with E-state index in [2.05, 4.69) is 5.32 Å². The van der Waals surface area contributed by atoms with E-state index in [1.54, 1.807) is 19.2 Å². The highest BCUT2D eigenvalue weighted by molar-refractivity contribution is 5.94. The molecule has 0 spiro atoms. The van der Waals surface area contributed by atoms with Crippen LogP contribution >= 0.6 is 0 Å². The van der Waals surface area contributed by atoms with Crippen molar-refractivity contribution >= 4 is 5.91 Å². The highest BCUT2D eigenvalue weighted by Crippen LogP contribution is 2.24. The number of aliphatic hydroxyl groups excluding tert-OH is 1. The zero-order valence-corrected chi connectivity index (χ0v) is 12.2. The van der Waals surface area contributed by atoms with E-state index < -0.39 is 0 Å². The maximum absolute atomic E-state index is 12.1. The first-order valence-electron chi connectivity index (χ1n) is 7.22. The van der Waals surface area contributed by atoms with E-state index in [0.29, 0.717) is 12.1 Å². The Balaban J connectivity index is 1.94. The van der Waals surface area contributed by atoms with Crippen LogP contribution in [-0.4, -0.2) is 30.8 Å². The Morgan fingerprint density at radius 2 is 2.15 bits per heavy atom. The lowest BCUT2D eigenvalue weighted by Crippen LogP contribution is -2.36. The minimum atomic E-state index is -0.281. The van der Waals surface area contributed by atoms with Gasteiger partial charge in [0.1, 0.15) is 5.75 Å². The fraction of sp³-hybridized carbons (Fsp3) is 0.562. The number of carbonyl (C=O) groups is 1. The smallest absolute Gasteiger partial charge is 0.251 e. The third-order valence-corrected chi connectivity index (χ3v) is 4.06. The molecule has 20 heavy (non-hydrogen) atoms. The Morgan fingerprint density at radius 1 is 1.40 bits per heavy atom. The van der Waals surface area contributed by atoms with Crippen LogP contribution in [0.5, 0.6) is 5.75 Å². The second kappa shape index (κ2) is 6.75. The van der Waals surface area contributed by atoms with Crippen molar-refractivity contribution in [3.8, 4) is 5.75 Å². The molecule has 2 rings (SSSR count). The van der Waals surface area contributed by atoms with Crippen molar-refractivity contribution in [3.63, 3.8) is 0 Å². The van der Waals surface area contributed by atoms with Crippen molar-refractivity contribution < 1.29 is 14.6 Å². The van der Waals surface area contributed by atoms with Gasteiger partial charge in [-0.05, 0) is 37.5 Å². The first kappa shape index (κ1) is 14.9. The Labute approximate surface area is 120 Å². The van der Waals surface area contributed by atoms with Gasteiger partial charge in [0.2, 0.25) is 0 Å². The molecular formula is C16H23NO3. The molecule has 0 aliphatic heterocycles. The fourth-order valence-corrected chi connectivity index (χ4v) is 2.71. The fourth-order valence-electron chi connectivity index (χ4n) is 2.71. The van der Waals surface area contributed by atoms with E-state index in [1.807, 2.05) is 13.0 Å². The maximum Gasteiger partial charge on any atom is 0.251 e. The van der Waals surface area contributed by atoms with Gasteiger partial charge >= 0.3 is 0 Å². The van der Waals surface area contributed by atoms with E-state index >= 15 is 0 Å². The molecule has 0 aromatic heterocycles. The molecule has 0 saturated heterocycles. The summed E-state index contributed by atoms with van der Waals surface area (Å²) in [6.45, 7) is 2.48. The Morgan fingerprint density at radius 3 is 2.85 bits per heavy atom. The second-order valence-corrected chi connectivity index (χ2v) is 5.51. The van der Waals surface area contributed by atoms with Crippen LogP contribution in [0, 0.1) is 12.8 Å². The van der Waals surface area contributed by atoms with Crippen LogP contribution in [0.2, 0.25) is 0 Å². The van der Waals surface area contributed by atoms with Gasteiger partial charge in [-0.2, -0.15) is 0 Å². The molecule has 1 aliphatic carbocycles. The molecule has 2 unspecified atom stereocenters. The van der Waals surface area contributed by atoms with Crippen molar-refractivity contribution in [2.45, 2.75) is 38.7 Å². The average molecular weight is 277 g/mol. The summed E-state index contributed by atoms with van der Waals surface area (Å²) in [4.78, 5) is 12.1. The largest absolute Gasteiger partial charge is 0.496 e. The molecule has 1 aliphatic rings. The molecule has 1 fully saturated rings. The maximum atomic E-state index is 12.1. The predicted octanol–water partition coefficient (Wildman–Crippen LogP) is 2.28. The van der Waals surface area contributed by atoms with E-state index in [1.165, 1.54) is 0 Å². The number of carbonyl (C=O) groups excluding carboxylic acids is 1. The van der Waals surface area contributed by atoms with Crippen molar-refractivity contribution in [3.05, 3.63) is 29.3 Å². The first-order valence-corrected chi connectivity index (χ1v) is 7.22. The van der Waals surface area contributed by atoms with Gasteiger partial charge in [0.05, 0.1) is 13.2 Å². The number of ether oxygens (including phenoxy) is 1. The summed E-state index contributed by atoms with van der Waals surface area (Å²) in [5, 5.41) is 12.8. The summed E-state index contributed by atoms with van der Waals surface area (Å²) in [5.74, 6) is 0.788. The number of benzene rings is 1. The SMILES string of the molecule is COc1cc(C(=O)NCC2CCCCC2O)ccc1C. The van der Waals surface area contributed by atoms with Crippen LogP contribution in [0.1, 0.15) is 41.6 Å². The predicted molar refractivity (Wildman–Crippen MR) is 78.0 cm³/mol. The van der Waals surface area contributed by atoms with Gasteiger partial charge in [0.15, 0.2) is 0 Å². The summed E-state index contributed by atoms with van der Waals surface area (Å²) < 4.78 is 5.23. The number of hydrogen-bond acceptors (Lipinski definition) is 3. The van der Waals surface area contributed by atoms with Crippen molar-refractivity contribution in [2.24, 2.45) is 5.92 Å².